The topological polar surface area (TPSA) is 119 Å². The van der Waals surface area contributed by atoms with Crippen LogP contribution in [-0.4, -0.2) is 43.3 Å². The number of nitrogens with zero attached hydrogens (tertiary/aromatic N) is 2. The second kappa shape index (κ2) is 7.94. The maximum Gasteiger partial charge on any atom is 0.289 e. The number of amides is 1. The van der Waals surface area contributed by atoms with Gasteiger partial charge in [-0.2, -0.15) is 0 Å². The smallest absolute Gasteiger partial charge is 0.289 e. The first-order chi connectivity index (χ1) is 14.4. The lowest BCUT2D eigenvalue weighted by atomic mass is 9.97. The number of anilines is 1. The van der Waals surface area contributed by atoms with Crippen molar-refractivity contribution < 1.29 is 22.9 Å². The van der Waals surface area contributed by atoms with Gasteiger partial charge in [0.25, 0.3) is 21.6 Å². The lowest BCUT2D eigenvalue weighted by Crippen LogP contribution is -2.45. The van der Waals surface area contributed by atoms with Crippen molar-refractivity contribution in [2.24, 2.45) is 0 Å². The number of ether oxygens (including phenoxy) is 1. The molecule has 9 nitrogen and oxygen atoms in total. The van der Waals surface area contributed by atoms with Gasteiger partial charge >= 0.3 is 0 Å². The molecule has 1 unspecified atom stereocenters. The maximum atomic E-state index is 13.1. The third kappa shape index (κ3) is 3.82. The SMILES string of the molecule is O=C1c2cc(NS(=O)(=O)c3ccccc3[N+](=O)[O-])ccc2OCCC2CCCCN12. The molecule has 158 valence electrons. The van der Waals surface area contributed by atoms with Crippen LogP contribution < -0.4 is 9.46 Å². The Morgan fingerprint density at radius 1 is 1.13 bits per heavy atom. The molecule has 30 heavy (non-hydrogen) atoms. The van der Waals surface area contributed by atoms with Crippen molar-refractivity contribution in [2.75, 3.05) is 17.9 Å². The number of para-hydroxylation sites is 1. The van der Waals surface area contributed by atoms with Crippen molar-refractivity contribution in [2.45, 2.75) is 36.6 Å². The van der Waals surface area contributed by atoms with E-state index in [4.69, 9.17) is 4.74 Å². The Labute approximate surface area is 173 Å². The number of sulfonamides is 1. The molecule has 1 atom stereocenters. The van der Waals surface area contributed by atoms with Crippen molar-refractivity contribution in [3.63, 3.8) is 0 Å². The van der Waals surface area contributed by atoms with Crippen LogP contribution in [0, 0.1) is 10.1 Å². The highest BCUT2D eigenvalue weighted by Crippen LogP contribution is 2.32. The van der Waals surface area contributed by atoms with Crippen LogP contribution in [0.2, 0.25) is 0 Å². The molecular formula is C20H21N3O6S. The molecule has 4 rings (SSSR count). The van der Waals surface area contributed by atoms with E-state index in [1.54, 1.807) is 6.07 Å². The fourth-order valence-corrected chi connectivity index (χ4v) is 5.18. The molecule has 10 heteroatoms. The summed E-state index contributed by atoms with van der Waals surface area (Å²) in [5.74, 6) is 0.207. The minimum atomic E-state index is -4.23. The monoisotopic (exact) mass is 431 g/mol. The van der Waals surface area contributed by atoms with Gasteiger partial charge in [0.05, 0.1) is 17.1 Å². The predicted octanol–water partition coefficient (Wildman–Crippen LogP) is 3.17. The van der Waals surface area contributed by atoms with Crippen molar-refractivity contribution in [3.8, 4) is 5.75 Å². The number of rotatable bonds is 4. The van der Waals surface area contributed by atoms with Crippen LogP contribution in [0.4, 0.5) is 11.4 Å². The highest BCUT2D eigenvalue weighted by atomic mass is 32.2. The zero-order valence-electron chi connectivity index (χ0n) is 16.1. The van der Waals surface area contributed by atoms with E-state index in [0.29, 0.717) is 18.9 Å². The summed E-state index contributed by atoms with van der Waals surface area (Å²) in [6, 6.07) is 9.68. The number of piperidine rings is 1. The van der Waals surface area contributed by atoms with Gasteiger partial charge in [-0.05, 0) is 43.5 Å². The Kier molecular flexibility index (Phi) is 5.33. The Hall–Kier alpha value is -3.14. The lowest BCUT2D eigenvalue weighted by Gasteiger charge is -2.37. The molecule has 1 fully saturated rings. The molecule has 0 radical (unpaired) electrons. The summed E-state index contributed by atoms with van der Waals surface area (Å²) in [6.45, 7) is 1.14. The van der Waals surface area contributed by atoms with Gasteiger partial charge in [0.15, 0.2) is 4.90 Å². The number of carbonyl (C=O) groups excluding carboxylic acids is 1. The van der Waals surface area contributed by atoms with E-state index >= 15 is 0 Å². The molecule has 0 saturated carbocycles. The van der Waals surface area contributed by atoms with E-state index in [1.165, 1.54) is 30.3 Å². The van der Waals surface area contributed by atoms with E-state index in [0.717, 1.165) is 31.7 Å². The van der Waals surface area contributed by atoms with Crippen LogP contribution in [-0.2, 0) is 10.0 Å². The number of carbonyl (C=O) groups is 1. The quantitative estimate of drug-likeness (QED) is 0.587. The van der Waals surface area contributed by atoms with Gasteiger partial charge in [0.1, 0.15) is 5.75 Å². The highest BCUT2D eigenvalue weighted by molar-refractivity contribution is 7.92. The molecule has 1 N–H and O–H groups in total. The first kappa shape index (κ1) is 20.1. The predicted molar refractivity (Wildman–Crippen MR) is 109 cm³/mol. The molecule has 1 saturated heterocycles. The number of benzene rings is 2. The summed E-state index contributed by atoms with van der Waals surface area (Å²) in [7, 11) is -4.23. The van der Waals surface area contributed by atoms with E-state index in [1.807, 2.05) is 4.90 Å². The second-order valence-corrected chi connectivity index (χ2v) is 8.98. The van der Waals surface area contributed by atoms with Gasteiger partial charge < -0.3 is 9.64 Å². The molecule has 0 spiro atoms. The first-order valence-corrected chi connectivity index (χ1v) is 11.2. The van der Waals surface area contributed by atoms with E-state index in [-0.39, 0.29) is 23.2 Å². The van der Waals surface area contributed by atoms with Gasteiger partial charge in [-0.1, -0.05) is 12.1 Å². The van der Waals surface area contributed by atoms with Crippen molar-refractivity contribution in [3.05, 3.63) is 58.1 Å². The summed E-state index contributed by atoms with van der Waals surface area (Å²) in [5.41, 5.74) is -0.103. The normalized spacial score (nSPS) is 19.0. The number of nitro benzene ring substituents is 1. The number of fused-ring (bicyclic) bond motifs is 2. The second-order valence-electron chi connectivity index (χ2n) is 7.33. The molecule has 2 aliphatic heterocycles. The van der Waals surface area contributed by atoms with Crippen LogP contribution in [0.5, 0.6) is 5.75 Å². The molecule has 0 aromatic heterocycles. The van der Waals surface area contributed by atoms with E-state index in [2.05, 4.69) is 4.72 Å². The summed E-state index contributed by atoms with van der Waals surface area (Å²) < 4.78 is 33.7. The Balaban J connectivity index is 1.67. The summed E-state index contributed by atoms with van der Waals surface area (Å²) >= 11 is 0. The minimum Gasteiger partial charge on any atom is -0.493 e. The van der Waals surface area contributed by atoms with E-state index in [9.17, 15) is 23.3 Å². The average Bonchev–Trinajstić information content (AvgIpc) is 2.73. The molecule has 0 bridgehead atoms. The molecule has 2 heterocycles. The van der Waals surface area contributed by atoms with Gasteiger partial charge in [-0.3, -0.25) is 19.6 Å². The number of nitrogens with one attached hydrogen (secondary N) is 1. The zero-order valence-corrected chi connectivity index (χ0v) is 16.9. The molecule has 2 aromatic carbocycles. The molecule has 1 amide bonds. The van der Waals surface area contributed by atoms with Gasteiger partial charge in [0.2, 0.25) is 0 Å². The Bertz CT molecular complexity index is 1100. The third-order valence-electron chi connectivity index (χ3n) is 5.41. The van der Waals surface area contributed by atoms with Gasteiger partial charge in [-0.25, -0.2) is 8.42 Å². The number of hydrogen-bond acceptors (Lipinski definition) is 6. The molecule has 0 aliphatic carbocycles. The summed E-state index contributed by atoms with van der Waals surface area (Å²) in [5, 5.41) is 11.2. The average molecular weight is 431 g/mol. The van der Waals surface area contributed by atoms with Crippen molar-refractivity contribution >= 4 is 27.3 Å². The summed E-state index contributed by atoms with van der Waals surface area (Å²) in [6.07, 6.45) is 3.69. The van der Waals surface area contributed by atoms with Crippen LogP contribution in [0.25, 0.3) is 0 Å². The van der Waals surface area contributed by atoms with Crippen LogP contribution in [0.3, 0.4) is 0 Å². The van der Waals surface area contributed by atoms with Gasteiger partial charge in [0, 0.05) is 30.8 Å². The number of nitro groups is 1. The summed E-state index contributed by atoms with van der Waals surface area (Å²) in [4.78, 5) is 25.0. The molecule has 2 aromatic rings. The Morgan fingerprint density at radius 3 is 2.73 bits per heavy atom. The standard InChI is InChI=1S/C20H21N3O6S/c24-20-16-13-14(21-30(27,28)19-7-2-1-6-17(19)23(25)26)8-9-18(16)29-12-10-15-5-3-4-11-22(15)20/h1-2,6-9,13,15,21H,3-5,10-12H2. The van der Waals surface area contributed by atoms with Crippen molar-refractivity contribution in [1.29, 1.82) is 0 Å². The number of hydrogen-bond donors (Lipinski definition) is 1. The maximum absolute atomic E-state index is 13.1. The van der Waals surface area contributed by atoms with Crippen LogP contribution >= 0.6 is 0 Å². The third-order valence-corrected chi connectivity index (χ3v) is 6.84. The van der Waals surface area contributed by atoms with Crippen molar-refractivity contribution in [1.82, 2.24) is 4.90 Å². The highest BCUT2D eigenvalue weighted by Gasteiger charge is 2.32. The molecular weight excluding hydrogens is 410 g/mol. The van der Waals surface area contributed by atoms with Crippen LogP contribution in [0.15, 0.2) is 47.4 Å². The minimum absolute atomic E-state index is 0.117. The Morgan fingerprint density at radius 2 is 1.93 bits per heavy atom. The largest absolute Gasteiger partial charge is 0.493 e. The van der Waals surface area contributed by atoms with Crippen LogP contribution in [0.1, 0.15) is 36.0 Å². The van der Waals surface area contributed by atoms with E-state index < -0.39 is 25.5 Å². The lowest BCUT2D eigenvalue weighted by molar-refractivity contribution is -0.387. The molecule has 2 aliphatic rings. The first-order valence-electron chi connectivity index (χ1n) is 9.71. The fraction of sp³-hybridized carbons (Fsp3) is 0.350. The fourth-order valence-electron chi connectivity index (χ4n) is 3.96. The zero-order chi connectivity index (χ0) is 21.3. The van der Waals surface area contributed by atoms with Gasteiger partial charge in [-0.15, -0.1) is 0 Å².